The summed E-state index contributed by atoms with van der Waals surface area (Å²) in [6, 6.07) is 62.7. The molecule has 0 atom stereocenters. The molecule has 1 heterocycles. The molecule has 2 nitrogen and oxygen atoms in total. The molecule has 9 rings (SSSR count). The first-order valence-electron chi connectivity index (χ1n) is 15.7. The van der Waals surface area contributed by atoms with Crippen molar-refractivity contribution >= 4 is 60.5 Å². The summed E-state index contributed by atoms with van der Waals surface area (Å²) in [6.07, 6.45) is 0. The van der Waals surface area contributed by atoms with E-state index in [-0.39, 0.29) is 0 Å². The van der Waals surface area contributed by atoms with Gasteiger partial charge in [-0.05, 0) is 86.8 Å². The fourth-order valence-electron chi connectivity index (χ4n) is 6.78. The predicted molar refractivity (Wildman–Crippen MR) is 194 cm³/mol. The maximum absolute atomic E-state index is 6.58. The fraction of sp³-hybridized carbons (Fsp3) is 0. The Labute approximate surface area is 267 Å². The Hall–Kier alpha value is -6.12. The first-order valence-corrected chi connectivity index (χ1v) is 15.7. The Kier molecular flexibility index (Phi) is 6.17. The van der Waals surface area contributed by atoms with Gasteiger partial charge in [0.2, 0.25) is 0 Å². The van der Waals surface area contributed by atoms with Crippen molar-refractivity contribution in [3.8, 4) is 22.3 Å². The molecule has 0 spiro atoms. The van der Waals surface area contributed by atoms with Crippen LogP contribution in [-0.4, -0.2) is 0 Å². The van der Waals surface area contributed by atoms with E-state index in [1.165, 1.54) is 32.7 Å². The number of benzene rings is 8. The lowest BCUT2D eigenvalue weighted by Crippen LogP contribution is -2.09. The Bertz CT molecular complexity index is 2510. The van der Waals surface area contributed by atoms with E-state index in [2.05, 4.69) is 175 Å². The number of rotatable bonds is 5. The second kappa shape index (κ2) is 10.8. The molecule has 8 aromatic carbocycles. The molecule has 0 aliphatic rings. The van der Waals surface area contributed by atoms with Crippen molar-refractivity contribution in [2.45, 2.75) is 0 Å². The van der Waals surface area contributed by atoms with Gasteiger partial charge in [-0.3, -0.25) is 0 Å². The minimum absolute atomic E-state index is 0.897. The van der Waals surface area contributed by atoms with Crippen molar-refractivity contribution in [1.29, 1.82) is 0 Å². The molecular weight excluding hydrogens is 558 g/mol. The van der Waals surface area contributed by atoms with Gasteiger partial charge in [-0.15, -0.1) is 0 Å². The Balaban J connectivity index is 1.19. The topological polar surface area (TPSA) is 16.4 Å². The standard InChI is InChI=1S/C44H29NO/c1-3-11-32(12-4-1)39-16-9-17-40-43-41-29-38(26-22-33(41)23-27-42(43)46-44(39)40)45(36-14-5-2-6-15-36)37-24-20-31(21-25-37)35-19-18-30-10-7-8-13-34(30)28-35/h1-29H. The zero-order valence-corrected chi connectivity index (χ0v) is 25.1. The molecule has 0 radical (unpaired) electrons. The second-order valence-electron chi connectivity index (χ2n) is 11.8. The number of hydrogen-bond acceptors (Lipinski definition) is 2. The van der Waals surface area contributed by atoms with Crippen LogP contribution in [0.3, 0.4) is 0 Å². The molecule has 46 heavy (non-hydrogen) atoms. The van der Waals surface area contributed by atoms with Gasteiger partial charge in [0, 0.05) is 33.4 Å². The summed E-state index contributed by atoms with van der Waals surface area (Å²) in [6.45, 7) is 0. The van der Waals surface area contributed by atoms with Gasteiger partial charge < -0.3 is 9.32 Å². The maximum atomic E-state index is 6.58. The van der Waals surface area contributed by atoms with Crippen LogP contribution in [0.4, 0.5) is 17.1 Å². The summed E-state index contributed by atoms with van der Waals surface area (Å²) < 4.78 is 6.58. The molecule has 0 aliphatic carbocycles. The molecule has 0 fully saturated rings. The van der Waals surface area contributed by atoms with E-state index in [9.17, 15) is 0 Å². The van der Waals surface area contributed by atoms with Crippen molar-refractivity contribution in [3.05, 3.63) is 176 Å². The zero-order chi connectivity index (χ0) is 30.5. The molecular formula is C44H29NO. The highest BCUT2D eigenvalue weighted by molar-refractivity contribution is 6.21. The summed E-state index contributed by atoms with van der Waals surface area (Å²) in [5, 5.41) is 7.14. The smallest absolute Gasteiger partial charge is 0.143 e. The maximum Gasteiger partial charge on any atom is 0.143 e. The lowest BCUT2D eigenvalue weighted by Gasteiger charge is -2.26. The molecule has 0 amide bonds. The van der Waals surface area contributed by atoms with Crippen molar-refractivity contribution in [1.82, 2.24) is 0 Å². The SMILES string of the molecule is c1ccc(-c2cccc3c2oc2ccc4ccc(N(c5ccccc5)c5ccc(-c6ccc7ccccc7c6)cc5)cc4c23)cc1. The number of fused-ring (bicyclic) bond motifs is 6. The molecule has 0 saturated carbocycles. The van der Waals surface area contributed by atoms with Gasteiger partial charge >= 0.3 is 0 Å². The highest BCUT2D eigenvalue weighted by atomic mass is 16.3. The van der Waals surface area contributed by atoms with Gasteiger partial charge in [0.1, 0.15) is 11.2 Å². The minimum Gasteiger partial charge on any atom is -0.455 e. The number of anilines is 3. The summed E-state index contributed by atoms with van der Waals surface area (Å²) >= 11 is 0. The average Bonchev–Trinajstić information content (AvgIpc) is 3.52. The number of hydrogen-bond donors (Lipinski definition) is 0. The molecule has 216 valence electrons. The van der Waals surface area contributed by atoms with Gasteiger partial charge in [-0.2, -0.15) is 0 Å². The van der Waals surface area contributed by atoms with Crippen LogP contribution in [0.2, 0.25) is 0 Å². The molecule has 0 bridgehead atoms. The Morgan fingerprint density at radius 1 is 0.370 bits per heavy atom. The van der Waals surface area contributed by atoms with Crippen molar-refractivity contribution in [2.75, 3.05) is 4.90 Å². The van der Waals surface area contributed by atoms with Gasteiger partial charge in [0.05, 0.1) is 0 Å². The van der Waals surface area contributed by atoms with Gasteiger partial charge in [0.15, 0.2) is 0 Å². The number of nitrogens with zero attached hydrogens (tertiary/aromatic N) is 1. The van der Waals surface area contributed by atoms with Gasteiger partial charge in [-0.25, -0.2) is 0 Å². The van der Waals surface area contributed by atoms with Crippen molar-refractivity contribution in [2.24, 2.45) is 0 Å². The molecule has 1 aromatic heterocycles. The summed E-state index contributed by atoms with van der Waals surface area (Å²) in [5.41, 5.74) is 9.79. The van der Waals surface area contributed by atoms with Crippen LogP contribution in [0, 0.1) is 0 Å². The Morgan fingerprint density at radius 2 is 1.02 bits per heavy atom. The van der Waals surface area contributed by atoms with E-state index in [1.54, 1.807) is 0 Å². The van der Waals surface area contributed by atoms with E-state index in [4.69, 9.17) is 4.42 Å². The van der Waals surface area contributed by atoms with Gasteiger partial charge in [-0.1, -0.05) is 127 Å². The van der Waals surface area contributed by atoms with Crippen LogP contribution in [0.1, 0.15) is 0 Å². The predicted octanol–water partition coefficient (Wildman–Crippen LogP) is 12.7. The first-order chi connectivity index (χ1) is 22.8. The van der Waals surface area contributed by atoms with Crippen LogP contribution in [0.25, 0.3) is 65.7 Å². The lowest BCUT2D eigenvalue weighted by atomic mass is 9.99. The molecule has 2 heteroatoms. The largest absolute Gasteiger partial charge is 0.455 e. The van der Waals surface area contributed by atoms with E-state index in [1.807, 2.05) is 6.07 Å². The third-order valence-corrected chi connectivity index (χ3v) is 9.03. The highest BCUT2D eigenvalue weighted by Gasteiger charge is 2.17. The Morgan fingerprint density at radius 3 is 1.85 bits per heavy atom. The highest BCUT2D eigenvalue weighted by Crippen LogP contribution is 2.42. The third-order valence-electron chi connectivity index (χ3n) is 9.03. The van der Waals surface area contributed by atoms with Crippen LogP contribution in [0.15, 0.2) is 180 Å². The molecule has 0 aliphatic heterocycles. The van der Waals surface area contributed by atoms with Crippen LogP contribution < -0.4 is 4.90 Å². The third kappa shape index (κ3) is 4.43. The van der Waals surface area contributed by atoms with Crippen molar-refractivity contribution in [3.63, 3.8) is 0 Å². The molecule has 0 unspecified atom stereocenters. The van der Waals surface area contributed by atoms with Crippen molar-refractivity contribution < 1.29 is 4.42 Å². The molecule has 0 saturated heterocycles. The minimum atomic E-state index is 0.897. The average molecular weight is 588 g/mol. The van der Waals surface area contributed by atoms with E-state index in [0.29, 0.717) is 0 Å². The van der Waals surface area contributed by atoms with E-state index in [0.717, 1.165) is 50.1 Å². The van der Waals surface area contributed by atoms with Crippen LogP contribution >= 0.6 is 0 Å². The van der Waals surface area contributed by atoms with Gasteiger partial charge in [0.25, 0.3) is 0 Å². The van der Waals surface area contributed by atoms with Crippen LogP contribution in [0.5, 0.6) is 0 Å². The molecule has 9 aromatic rings. The normalized spacial score (nSPS) is 11.5. The second-order valence-corrected chi connectivity index (χ2v) is 11.8. The van der Waals surface area contributed by atoms with E-state index >= 15 is 0 Å². The number of para-hydroxylation sites is 2. The lowest BCUT2D eigenvalue weighted by molar-refractivity contribution is 0.670. The summed E-state index contributed by atoms with van der Waals surface area (Å²) in [5.74, 6) is 0. The monoisotopic (exact) mass is 587 g/mol. The van der Waals surface area contributed by atoms with E-state index < -0.39 is 0 Å². The van der Waals surface area contributed by atoms with Crippen LogP contribution in [-0.2, 0) is 0 Å². The summed E-state index contributed by atoms with van der Waals surface area (Å²) in [4.78, 5) is 2.33. The summed E-state index contributed by atoms with van der Waals surface area (Å²) in [7, 11) is 0. The molecule has 0 N–H and O–H groups in total. The zero-order valence-electron chi connectivity index (χ0n) is 25.1. The quantitative estimate of drug-likeness (QED) is 0.199. The number of furan rings is 1. The fourth-order valence-corrected chi connectivity index (χ4v) is 6.78. The first kappa shape index (κ1) is 26.3.